The van der Waals surface area contributed by atoms with Crippen molar-refractivity contribution in [2.24, 2.45) is 0 Å². The van der Waals surface area contributed by atoms with E-state index in [9.17, 15) is 9.59 Å². The van der Waals surface area contributed by atoms with Crippen LogP contribution < -0.4 is 5.32 Å². The van der Waals surface area contributed by atoms with Gasteiger partial charge in [-0.2, -0.15) is 0 Å². The lowest BCUT2D eigenvalue weighted by Crippen LogP contribution is -2.47. The van der Waals surface area contributed by atoms with Gasteiger partial charge in [0.2, 0.25) is 0 Å². The molecule has 0 radical (unpaired) electrons. The molecule has 3 amide bonds. The molecule has 3 rings (SSSR count). The van der Waals surface area contributed by atoms with E-state index in [1.807, 2.05) is 27.5 Å². The normalized spacial score (nSPS) is 20.0. The lowest BCUT2D eigenvalue weighted by atomic mass is 10.0. The first kappa shape index (κ1) is 14.7. The van der Waals surface area contributed by atoms with Gasteiger partial charge in [0, 0.05) is 37.1 Å². The Morgan fingerprint density at radius 1 is 1.38 bits per heavy atom. The molecule has 7 heteroatoms. The minimum Gasteiger partial charge on any atom is -0.338 e. The molecule has 5 nitrogen and oxygen atoms in total. The molecule has 0 bridgehead atoms. The molecule has 1 aromatic heterocycles. The van der Waals surface area contributed by atoms with Gasteiger partial charge in [0.1, 0.15) is 4.88 Å². The molecular weight excluding hydrogens is 306 g/mol. The smallest absolute Gasteiger partial charge is 0.317 e. The van der Waals surface area contributed by atoms with E-state index >= 15 is 0 Å². The number of hydrogen-bond acceptors (Lipinski definition) is 4. The number of urea groups is 1. The fraction of sp³-hybridized carbons (Fsp3) is 0.571. The number of nitrogens with one attached hydrogen (secondary N) is 1. The molecule has 0 saturated carbocycles. The number of piperidine rings is 1. The van der Waals surface area contributed by atoms with E-state index in [0.29, 0.717) is 0 Å². The standard InChI is InChI=1S/C14H19N3O2S2/c1-20-11-4-9-21-12(11)13(18)16-6-2-10(3-7-16)17-8-5-15-14(17)19/h4,9-10H,2-3,5-8H2,1H3,(H,15,19). The summed E-state index contributed by atoms with van der Waals surface area (Å²) in [6.45, 7) is 3.00. The zero-order valence-electron chi connectivity index (χ0n) is 12.0. The first-order valence-electron chi connectivity index (χ1n) is 7.16. The van der Waals surface area contributed by atoms with Gasteiger partial charge in [0.25, 0.3) is 5.91 Å². The summed E-state index contributed by atoms with van der Waals surface area (Å²) >= 11 is 3.13. The Bertz CT molecular complexity index is 538. The third-order valence-corrected chi connectivity index (χ3v) is 5.94. The third kappa shape index (κ3) is 2.89. The summed E-state index contributed by atoms with van der Waals surface area (Å²) in [5.74, 6) is 0.138. The minimum absolute atomic E-state index is 0.0442. The number of thiophene rings is 1. The number of amides is 3. The zero-order valence-corrected chi connectivity index (χ0v) is 13.6. The molecular formula is C14H19N3O2S2. The van der Waals surface area contributed by atoms with Gasteiger partial charge in [0.05, 0.1) is 0 Å². The van der Waals surface area contributed by atoms with Crippen molar-refractivity contribution >= 4 is 35.0 Å². The Labute approximate surface area is 132 Å². The van der Waals surface area contributed by atoms with Gasteiger partial charge < -0.3 is 15.1 Å². The highest BCUT2D eigenvalue weighted by Crippen LogP contribution is 2.28. The van der Waals surface area contributed by atoms with Crippen molar-refractivity contribution < 1.29 is 9.59 Å². The quantitative estimate of drug-likeness (QED) is 0.866. The summed E-state index contributed by atoms with van der Waals surface area (Å²) in [5.41, 5.74) is 0. The topological polar surface area (TPSA) is 52.7 Å². The number of hydrogen-bond donors (Lipinski definition) is 1. The second-order valence-electron chi connectivity index (χ2n) is 5.27. The lowest BCUT2D eigenvalue weighted by molar-refractivity contribution is 0.0668. The molecule has 2 aliphatic rings. The van der Waals surface area contributed by atoms with E-state index in [1.54, 1.807) is 11.8 Å². The van der Waals surface area contributed by atoms with Crippen molar-refractivity contribution in [3.63, 3.8) is 0 Å². The van der Waals surface area contributed by atoms with Crippen LogP contribution in [0.15, 0.2) is 16.3 Å². The van der Waals surface area contributed by atoms with Gasteiger partial charge in [0.15, 0.2) is 0 Å². The van der Waals surface area contributed by atoms with E-state index < -0.39 is 0 Å². The van der Waals surface area contributed by atoms with E-state index in [2.05, 4.69) is 5.32 Å². The van der Waals surface area contributed by atoms with Crippen LogP contribution in [0.3, 0.4) is 0 Å². The van der Waals surface area contributed by atoms with Crippen molar-refractivity contribution in [2.45, 2.75) is 23.8 Å². The fourth-order valence-electron chi connectivity index (χ4n) is 2.97. The predicted molar refractivity (Wildman–Crippen MR) is 85.1 cm³/mol. The number of thioether (sulfide) groups is 1. The average molecular weight is 325 g/mol. The summed E-state index contributed by atoms with van der Waals surface area (Å²) < 4.78 is 0. The van der Waals surface area contributed by atoms with Crippen LogP contribution in [-0.4, -0.2) is 60.2 Å². The van der Waals surface area contributed by atoms with Crippen molar-refractivity contribution in [1.82, 2.24) is 15.1 Å². The zero-order chi connectivity index (χ0) is 14.8. The molecule has 0 aliphatic carbocycles. The van der Waals surface area contributed by atoms with Crippen LogP contribution in [0.1, 0.15) is 22.5 Å². The van der Waals surface area contributed by atoms with Gasteiger partial charge in [-0.15, -0.1) is 23.1 Å². The Morgan fingerprint density at radius 3 is 2.76 bits per heavy atom. The summed E-state index contributed by atoms with van der Waals surface area (Å²) in [6, 6.07) is 2.33. The second-order valence-corrected chi connectivity index (χ2v) is 7.03. The number of carbonyl (C=O) groups excluding carboxylic acids is 2. The predicted octanol–water partition coefficient (Wildman–Crippen LogP) is 2.10. The summed E-state index contributed by atoms with van der Waals surface area (Å²) in [5, 5.41) is 4.82. The van der Waals surface area contributed by atoms with Crippen LogP contribution in [0, 0.1) is 0 Å². The van der Waals surface area contributed by atoms with Crippen LogP contribution in [-0.2, 0) is 0 Å². The van der Waals surface area contributed by atoms with Gasteiger partial charge in [-0.3, -0.25) is 4.79 Å². The molecule has 0 atom stereocenters. The minimum atomic E-state index is 0.0442. The number of nitrogens with zero attached hydrogens (tertiary/aromatic N) is 2. The van der Waals surface area contributed by atoms with E-state index in [0.717, 1.165) is 48.8 Å². The molecule has 0 spiro atoms. The first-order valence-corrected chi connectivity index (χ1v) is 9.26. The molecule has 2 fully saturated rings. The SMILES string of the molecule is CSc1ccsc1C(=O)N1CCC(N2CCNC2=O)CC1. The molecule has 2 aliphatic heterocycles. The lowest BCUT2D eigenvalue weighted by Gasteiger charge is -2.36. The molecule has 0 aromatic carbocycles. The summed E-state index contributed by atoms with van der Waals surface area (Å²) in [6.07, 6.45) is 3.75. The number of likely N-dealkylation sites (tertiary alicyclic amines) is 1. The Kier molecular flexibility index (Phi) is 4.40. The van der Waals surface area contributed by atoms with E-state index in [-0.39, 0.29) is 18.0 Å². The maximum Gasteiger partial charge on any atom is 0.317 e. The molecule has 1 N–H and O–H groups in total. The highest BCUT2D eigenvalue weighted by Gasteiger charge is 2.32. The number of rotatable bonds is 3. The second kappa shape index (κ2) is 6.27. The molecule has 2 saturated heterocycles. The van der Waals surface area contributed by atoms with Gasteiger partial charge >= 0.3 is 6.03 Å². The molecule has 3 heterocycles. The average Bonchev–Trinajstić information content (AvgIpc) is 3.15. The van der Waals surface area contributed by atoms with Crippen LogP contribution in [0.4, 0.5) is 4.79 Å². The molecule has 1 aromatic rings. The summed E-state index contributed by atoms with van der Waals surface area (Å²) in [4.78, 5) is 30.0. The van der Waals surface area contributed by atoms with Crippen LogP contribution in [0.5, 0.6) is 0 Å². The largest absolute Gasteiger partial charge is 0.338 e. The highest BCUT2D eigenvalue weighted by molar-refractivity contribution is 7.98. The Morgan fingerprint density at radius 2 is 2.14 bits per heavy atom. The van der Waals surface area contributed by atoms with Crippen LogP contribution in [0.2, 0.25) is 0 Å². The van der Waals surface area contributed by atoms with Gasteiger partial charge in [-0.25, -0.2) is 4.79 Å². The summed E-state index contributed by atoms with van der Waals surface area (Å²) in [7, 11) is 0. The third-order valence-electron chi connectivity index (χ3n) is 4.13. The van der Waals surface area contributed by atoms with Crippen molar-refractivity contribution in [2.75, 3.05) is 32.4 Å². The van der Waals surface area contributed by atoms with Crippen LogP contribution in [0.25, 0.3) is 0 Å². The fourth-order valence-corrected chi connectivity index (χ4v) is 4.68. The van der Waals surface area contributed by atoms with Gasteiger partial charge in [-0.1, -0.05) is 0 Å². The number of carbonyl (C=O) groups is 2. The maximum absolute atomic E-state index is 12.6. The van der Waals surface area contributed by atoms with Crippen LogP contribution >= 0.6 is 23.1 Å². The monoisotopic (exact) mass is 325 g/mol. The Balaban J connectivity index is 1.60. The highest BCUT2D eigenvalue weighted by atomic mass is 32.2. The van der Waals surface area contributed by atoms with E-state index in [1.165, 1.54) is 11.3 Å². The van der Waals surface area contributed by atoms with Crippen molar-refractivity contribution in [3.8, 4) is 0 Å². The van der Waals surface area contributed by atoms with E-state index in [4.69, 9.17) is 0 Å². The molecule has 21 heavy (non-hydrogen) atoms. The van der Waals surface area contributed by atoms with Gasteiger partial charge in [-0.05, 0) is 30.5 Å². The first-order chi connectivity index (χ1) is 10.2. The van der Waals surface area contributed by atoms with Crippen molar-refractivity contribution in [1.29, 1.82) is 0 Å². The molecule has 114 valence electrons. The maximum atomic E-state index is 12.6. The van der Waals surface area contributed by atoms with Crippen molar-refractivity contribution in [3.05, 3.63) is 16.3 Å². The molecule has 0 unspecified atom stereocenters. The Hall–Kier alpha value is -1.21.